The number of nitrogens with one attached hydrogen (secondary N) is 1. The third-order valence-corrected chi connectivity index (χ3v) is 4.46. The standard InChI is InChI=1S/C13H14N5O7S.Na/c14-17(11(19)8-2-1-5-15-6-8)12(20)10-4-3-9-7-16(10)13(21)18(9)25-26(22,23)24;/h1-2,5-6,9-10,14H,3-4,7H2,(H,22,23,24);/q-1;+1/t9-,10+;/m1./s1. The molecule has 27 heavy (non-hydrogen) atoms. The van der Waals surface area contributed by atoms with Crippen LogP contribution in [0.1, 0.15) is 23.2 Å². The van der Waals surface area contributed by atoms with Gasteiger partial charge in [-0.3, -0.25) is 19.1 Å². The summed E-state index contributed by atoms with van der Waals surface area (Å²) in [5.74, 6) is 5.95. The van der Waals surface area contributed by atoms with Gasteiger partial charge in [0.25, 0.3) is 0 Å². The van der Waals surface area contributed by atoms with Gasteiger partial charge in [0.15, 0.2) is 0 Å². The first-order chi connectivity index (χ1) is 12.2. The molecule has 3 rings (SSSR count). The van der Waals surface area contributed by atoms with Crippen molar-refractivity contribution in [3.05, 3.63) is 35.9 Å². The molecule has 0 spiro atoms. The summed E-state index contributed by atoms with van der Waals surface area (Å²) in [6.07, 6.45) is 2.94. The van der Waals surface area contributed by atoms with Crippen LogP contribution in [0, 0.1) is 0 Å². The van der Waals surface area contributed by atoms with Crippen LogP contribution < -0.4 is 29.6 Å². The molecule has 0 aromatic carbocycles. The van der Waals surface area contributed by atoms with E-state index in [2.05, 4.69) is 9.27 Å². The Morgan fingerprint density at radius 3 is 2.67 bits per heavy atom. The van der Waals surface area contributed by atoms with Gasteiger partial charge in [-0.2, -0.15) is 13.5 Å². The van der Waals surface area contributed by atoms with E-state index in [9.17, 15) is 22.8 Å². The largest absolute Gasteiger partial charge is 1.00 e. The van der Waals surface area contributed by atoms with Crippen molar-refractivity contribution in [2.24, 2.45) is 0 Å². The van der Waals surface area contributed by atoms with Crippen molar-refractivity contribution in [2.45, 2.75) is 24.9 Å². The maximum atomic E-state index is 12.5. The Hall–Kier alpha value is -1.61. The van der Waals surface area contributed by atoms with E-state index in [1.54, 1.807) is 0 Å². The van der Waals surface area contributed by atoms with Crippen LogP contribution in [0.25, 0.3) is 5.84 Å². The summed E-state index contributed by atoms with van der Waals surface area (Å²) in [6, 6.07) is 0.147. The summed E-state index contributed by atoms with van der Waals surface area (Å²) in [7, 11) is -4.90. The van der Waals surface area contributed by atoms with Crippen molar-refractivity contribution in [2.75, 3.05) is 6.54 Å². The zero-order valence-electron chi connectivity index (χ0n) is 14.2. The van der Waals surface area contributed by atoms with Crippen molar-refractivity contribution < 1.29 is 61.2 Å². The van der Waals surface area contributed by atoms with Gasteiger partial charge in [-0.25, -0.2) is 4.79 Å². The number of hydrogen-bond acceptors (Lipinski definition) is 7. The van der Waals surface area contributed by atoms with E-state index in [1.807, 2.05) is 0 Å². The first kappa shape index (κ1) is 21.7. The van der Waals surface area contributed by atoms with Gasteiger partial charge in [-0.1, -0.05) is 0 Å². The number of rotatable bonds is 4. The summed E-state index contributed by atoms with van der Waals surface area (Å²) < 4.78 is 34.7. The van der Waals surface area contributed by atoms with Crippen molar-refractivity contribution in [1.82, 2.24) is 20.0 Å². The Labute approximate surface area is 176 Å². The van der Waals surface area contributed by atoms with Crippen LogP contribution in [0.5, 0.6) is 0 Å². The molecule has 140 valence electrons. The molecule has 2 N–H and O–H groups in total. The average Bonchev–Trinajstić information content (AvgIpc) is 2.84. The Morgan fingerprint density at radius 2 is 2.07 bits per heavy atom. The number of amides is 4. The van der Waals surface area contributed by atoms with E-state index in [1.165, 1.54) is 24.5 Å². The van der Waals surface area contributed by atoms with Gasteiger partial charge in [0.05, 0.1) is 11.6 Å². The quantitative estimate of drug-likeness (QED) is 0.239. The number of nitrogens with zero attached hydrogens (tertiary/aromatic N) is 4. The van der Waals surface area contributed by atoms with E-state index in [0.29, 0.717) is 5.06 Å². The van der Waals surface area contributed by atoms with E-state index in [0.717, 1.165) is 4.90 Å². The second-order valence-electron chi connectivity index (χ2n) is 5.73. The number of imide groups is 1. The predicted octanol–water partition coefficient (Wildman–Crippen LogP) is -2.98. The van der Waals surface area contributed by atoms with Crippen molar-refractivity contribution in [3.8, 4) is 0 Å². The molecule has 2 fully saturated rings. The van der Waals surface area contributed by atoms with Crippen LogP contribution in [0.4, 0.5) is 4.79 Å². The minimum Gasteiger partial charge on any atom is -0.573 e. The van der Waals surface area contributed by atoms with Gasteiger partial charge in [-0.15, -0.1) is 4.28 Å². The zero-order valence-corrected chi connectivity index (χ0v) is 17.0. The van der Waals surface area contributed by atoms with Crippen LogP contribution in [0.15, 0.2) is 24.5 Å². The maximum Gasteiger partial charge on any atom is 1.00 e. The molecule has 3 heterocycles. The number of aromatic nitrogens is 1. The molecule has 2 atom stereocenters. The number of pyridine rings is 1. The zero-order chi connectivity index (χ0) is 19.1. The van der Waals surface area contributed by atoms with Gasteiger partial charge in [0.1, 0.15) is 6.04 Å². The van der Waals surface area contributed by atoms with Crippen LogP contribution in [0.2, 0.25) is 0 Å². The van der Waals surface area contributed by atoms with E-state index in [4.69, 9.17) is 10.4 Å². The molecule has 0 aliphatic carbocycles. The number of hydrogen-bond donors (Lipinski definition) is 1. The van der Waals surface area contributed by atoms with Gasteiger partial charge in [0.2, 0.25) is 11.8 Å². The van der Waals surface area contributed by atoms with Crippen molar-refractivity contribution in [1.29, 1.82) is 0 Å². The minimum absolute atomic E-state index is 0. The molecule has 4 amide bonds. The fourth-order valence-electron chi connectivity index (χ4n) is 2.96. The molecule has 0 saturated carbocycles. The summed E-state index contributed by atoms with van der Waals surface area (Å²) >= 11 is 0. The van der Waals surface area contributed by atoms with E-state index < -0.39 is 40.3 Å². The summed E-state index contributed by atoms with van der Waals surface area (Å²) in [6.45, 7) is -0.0281. The third kappa shape index (κ3) is 4.45. The molecule has 2 saturated heterocycles. The Bertz CT molecular complexity index is 852. The number of carbonyl (C=O) groups is 3. The smallest absolute Gasteiger partial charge is 0.573 e. The van der Waals surface area contributed by atoms with Crippen LogP contribution >= 0.6 is 0 Å². The van der Waals surface area contributed by atoms with Gasteiger partial charge < -0.3 is 15.8 Å². The normalized spacial score (nSPS) is 21.6. The second kappa shape index (κ2) is 8.18. The van der Waals surface area contributed by atoms with Crippen molar-refractivity contribution in [3.63, 3.8) is 0 Å². The Morgan fingerprint density at radius 1 is 1.37 bits per heavy atom. The van der Waals surface area contributed by atoms with E-state index in [-0.39, 0.29) is 59.5 Å². The molecule has 2 aliphatic heterocycles. The van der Waals surface area contributed by atoms with Gasteiger partial charge in [0, 0.05) is 18.9 Å². The molecule has 1 aromatic heterocycles. The molecule has 0 unspecified atom stereocenters. The van der Waals surface area contributed by atoms with Gasteiger partial charge >= 0.3 is 46.0 Å². The topological polar surface area (TPSA) is 161 Å². The Kier molecular flexibility index (Phi) is 6.57. The monoisotopic (exact) mass is 407 g/mol. The van der Waals surface area contributed by atoms with Crippen molar-refractivity contribution >= 4 is 28.2 Å². The van der Waals surface area contributed by atoms with Gasteiger partial charge in [-0.05, 0) is 25.0 Å². The molecule has 14 heteroatoms. The minimum atomic E-state index is -4.90. The average molecular weight is 407 g/mol. The summed E-state index contributed by atoms with van der Waals surface area (Å²) in [5.41, 5.74) is 0.0358. The molecular weight excluding hydrogens is 393 g/mol. The number of urea groups is 1. The van der Waals surface area contributed by atoms with Crippen LogP contribution in [-0.2, 0) is 19.5 Å². The first-order valence-electron chi connectivity index (χ1n) is 7.45. The number of fused-ring (bicyclic) bond motifs is 2. The number of hydroxylamine groups is 2. The fourth-order valence-corrected chi connectivity index (χ4v) is 3.34. The number of piperidine rings is 1. The molecule has 0 radical (unpaired) electrons. The maximum absolute atomic E-state index is 12.5. The predicted molar refractivity (Wildman–Crippen MR) is 83.1 cm³/mol. The molecule has 1 aromatic rings. The third-order valence-electron chi connectivity index (χ3n) is 4.11. The molecular formula is C13H14N5NaO7S. The summed E-state index contributed by atoms with van der Waals surface area (Å²) in [5, 5.41) is 0.640. The number of carbonyl (C=O) groups excluding carboxylic acids is 3. The SMILES string of the molecule is [NH-]N(C(=O)c1cccnc1)C(=O)[C@@H]1CC[C@@H]2CN1C(=O)N2OS(=O)(=O)O.[Na+]. The molecule has 2 bridgehead atoms. The first-order valence-corrected chi connectivity index (χ1v) is 8.82. The molecule has 2 aliphatic rings. The fraction of sp³-hybridized carbons (Fsp3) is 0.385. The van der Waals surface area contributed by atoms with Crippen LogP contribution in [-0.4, -0.2) is 69.4 Å². The van der Waals surface area contributed by atoms with E-state index >= 15 is 0 Å². The second-order valence-corrected chi connectivity index (χ2v) is 6.74. The molecule has 12 nitrogen and oxygen atoms in total. The van der Waals surface area contributed by atoms with Crippen LogP contribution in [0.3, 0.4) is 0 Å². The summed E-state index contributed by atoms with van der Waals surface area (Å²) in [4.78, 5) is 41.7. The Balaban J connectivity index is 0.00000261.